The van der Waals surface area contributed by atoms with Crippen molar-refractivity contribution in [2.45, 2.75) is 6.92 Å². The van der Waals surface area contributed by atoms with Gasteiger partial charge in [-0.25, -0.2) is 9.18 Å². The molecule has 1 amide bonds. The van der Waals surface area contributed by atoms with Crippen LogP contribution in [-0.2, 0) is 9.53 Å². The average Bonchev–Trinajstić information content (AvgIpc) is 2.48. The van der Waals surface area contributed by atoms with Gasteiger partial charge in [0.15, 0.2) is 6.61 Å². The van der Waals surface area contributed by atoms with E-state index in [1.165, 1.54) is 18.2 Å². The van der Waals surface area contributed by atoms with E-state index >= 15 is 0 Å². The summed E-state index contributed by atoms with van der Waals surface area (Å²) in [5, 5.41) is 2.62. The van der Waals surface area contributed by atoms with Gasteiger partial charge in [0.05, 0.1) is 5.56 Å². The standard InChI is InChI=1S/C16H14FNO3/c1-11-6-2-5-9-14(11)18-15(19)10-21-16(20)12-7-3-4-8-13(12)17/h2-9H,10H2,1H3,(H,18,19). The van der Waals surface area contributed by atoms with E-state index in [4.69, 9.17) is 4.74 Å². The molecule has 0 saturated carbocycles. The van der Waals surface area contributed by atoms with Crippen LogP contribution in [0, 0.1) is 12.7 Å². The van der Waals surface area contributed by atoms with Gasteiger partial charge in [0.2, 0.25) is 0 Å². The Morgan fingerprint density at radius 1 is 1.10 bits per heavy atom. The largest absolute Gasteiger partial charge is 0.452 e. The Labute approximate surface area is 121 Å². The summed E-state index contributed by atoms with van der Waals surface area (Å²) in [6.45, 7) is 1.38. The van der Waals surface area contributed by atoms with Gasteiger partial charge >= 0.3 is 5.97 Å². The molecule has 0 bridgehead atoms. The number of carbonyl (C=O) groups is 2. The number of benzene rings is 2. The van der Waals surface area contributed by atoms with E-state index in [1.54, 1.807) is 12.1 Å². The van der Waals surface area contributed by atoms with Gasteiger partial charge in [-0.1, -0.05) is 30.3 Å². The minimum absolute atomic E-state index is 0.193. The molecule has 21 heavy (non-hydrogen) atoms. The van der Waals surface area contributed by atoms with Crippen molar-refractivity contribution < 1.29 is 18.7 Å². The Morgan fingerprint density at radius 2 is 1.76 bits per heavy atom. The van der Waals surface area contributed by atoms with Crippen LogP contribution < -0.4 is 5.32 Å². The van der Waals surface area contributed by atoms with Crippen LogP contribution in [-0.4, -0.2) is 18.5 Å². The normalized spacial score (nSPS) is 10.0. The highest BCUT2D eigenvalue weighted by atomic mass is 19.1. The van der Waals surface area contributed by atoms with Gasteiger partial charge in [-0.3, -0.25) is 4.79 Å². The summed E-state index contributed by atoms with van der Waals surface area (Å²) in [4.78, 5) is 23.4. The van der Waals surface area contributed by atoms with Gasteiger partial charge in [0.25, 0.3) is 5.91 Å². The molecule has 2 aromatic carbocycles. The van der Waals surface area contributed by atoms with E-state index in [2.05, 4.69) is 5.32 Å². The first-order valence-corrected chi connectivity index (χ1v) is 6.35. The lowest BCUT2D eigenvalue weighted by Gasteiger charge is -2.09. The third-order valence-corrected chi connectivity index (χ3v) is 2.85. The van der Waals surface area contributed by atoms with Crippen molar-refractivity contribution in [2.75, 3.05) is 11.9 Å². The summed E-state index contributed by atoms with van der Waals surface area (Å²) in [5.74, 6) is -2.02. The lowest BCUT2D eigenvalue weighted by Crippen LogP contribution is -2.21. The number of hydrogen-bond donors (Lipinski definition) is 1. The van der Waals surface area contributed by atoms with Crippen LogP contribution in [0.1, 0.15) is 15.9 Å². The van der Waals surface area contributed by atoms with E-state index in [1.807, 2.05) is 19.1 Å². The van der Waals surface area contributed by atoms with Crippen molar-refractivity contribution in [1.29, 1.82) is 0 Å². The third-order valence-electron chi connectivity index (χ3n) is 2.85. The molecule has 0 aromatic heterocycles. The summed E-state index contributed by atoms with van der Waals surface area (Å²) in [7, 11) is 0. The molecule has 2 aromatic rings. The zero-order valence-electron chi connectivity index (χ0n) is 11.4. The number of para-hydroxylation sites is 1. The van der Waals surface area contributed by atoms with E-state index in [9.17, 15) is 14.0 Å². The maximum atomic E-state index is 13.4. The van der Waals surface area contributed by atoms with Crippen LogP contribution in [0.5, 0.6) is 0 Å². The number of nitrogens with one attached hydrogen (secondary N) is 1. The maximum absolute atomic E-state index is 13.4. The molecule has 0 aliphatic carbocycles. The first-order chi connectivity index (χ1) is 10.1. The SMILES string of the molecule is Cc1ccccc1NC(=O)COC(=O)c1ccccc1F. The summed E-state index contributed by atoms with van der Waals surface area (Å²) >= 11 is 0. The molecule has 0 atom stereocenters. The molecular weight excluding hydrogens is 273 g/mol. The molecular formula is C16H14FNO3. The van der Waals surface area contributed by atoms with Crippen LogP contribution in [0.25, 0.3) is 0 Å². The van der Waals surface area contributed by atoms with Gasteiger partial charge < -0.3 is 10.1 Å². The van der Waals surface area contributed by atoms with Crippen LogP contribution >= 0.6 is 0 Å². The number of carbonyl (C=O) groups excluding carboxylic acids is 2. The van der Waals surface area contributed by atoms with Crippen LogP contribution in [0.15, 0.2) is 48.5 Å². The van der Waals surface area contributed by atoms with E-state index < -0.39 is 24.3 Å². The quantitative estimate of drug-likeness (QED) is 0.880. The summed E-state index contributed by atoms with van der Waals surface area (Å²) in [5.41, 5.74) is 1.34. The predicted molar refractivity (Wildman–Crippen MR) is 76.5 cm³/mol. The predicted octanol–water partition coefficient (Wildman–Crippen LogP) is 2.93. The topological polar surface area (TPSA) is 55.4 Å². The second-order valence-corrected chi connectivity index (χ2v) is 4.42. The van der Waals surface area contributed by atoms with Crippen molar-refractivity contribution in [3.05, 3.63) is 65.5 Å². The fourth-order valence-electron chi connectivity index (χ4n) is 1.74. The molecule has 5 heteroatoms. The van der Waals surface area contributed by atoms with Gasteiger partial charge in [0.1, 0.15) is 5.82 Å². The number of esters is 1. The number of rotatable bonds is 4. The second-order valence-electron chi connectivity index (χ2n) is 4.42. The van der Waals surface area contributed by atoms with Crippen LogP contribution in [0.4, 0.5) is 10.1 Å². The van der Waals surface area contributed by atoms with Crippen molar-refractivity contribution in [3.63, 3.8) is 0 Å². The number of ether oxygens (including phenoxy) is 1. The minimum Gasteiger partial charge on any atom is -0.452 e. The molecule has 0 unspecified atom stereocenters. The summed E-state index contributed by atoms with van der Waals surface area (Å²) in [6.07, 6.45) is 0. The smallest absolute Gasteiger partial charge is 0.341 e. The third kappa shape index (κ3) is 3.89. The molecule has 0 heterocycles. The Hall–Kier alpha value is -2.69. The van der Waals surface area contributed by atoms with Gasteiger partial charge in [0, 0.05) is 5.69 Å². The molecule has 4 nitrogen and oxygen atoms in total. The zero-order valence-corrected chi connectivity index (χ0v) is 11.4. The van der Waals surface area contributed by atoms with Gasteiger partial charge in [-0.15, -0.1) is 0 Å². The van der Waals surface area contributed by atoms with Crippen molar-refractivity contribution in [1.82, 2.24) is 0 Å². The Bertz CT molecular complexity index is 670. The van der Waals surface area contributed by atoms with Crippen molar-refractivity contribution in [2.24, 2.45) is 0 Å². The second kappa shape index (κ2) is 6.65. The first kappa shape index (κ1) is 14.7. The van der Waals surface area contributed by atoms with Gasteiger partial charge in [-0.2, -0.15) is 0 Å². The number of aryl methyl sites for hydroxylation is 1. The molecule has 0 aliphatic heterocycles. The van der Waals surface area contributed by atoms with E-state index in [0.29, 0.717) is 5.69 Å². The highest BCUT2D eigenvalue weighted by Crippen LogP contribution is 2.13. The van der Waals surface area contributed by atoms with E-state index in [0.717, 1.165) is 11.6 Å². The Morgan fingerprint density at radius 3 is 2.48 bits per heavy atom. The van der Waals surface area contributed by atoms with E-state index in [-0.39, 0.29) is 5.56 Å². The minimum atomic E-state index is -0.868. The molecule has 1 N–H and O–H groups in total. The number of anilines is 1. The number of amides is 1. The fourth-order valence-corrected chi connectivity index (χ4v) is 1.74. The molecule has 2 rings (SSSR count). The molecule has 0 fully saturated rings. The molecule has 108 valence electrons. The number of halogens is 1. The lowest BCUT2D eigenvalue weighted by molar-refractivity contribution is -0.119. The van der Waals surface area contributed by atoms with Gasteiger partial charge in [-0.05, 0) is 30.7 Å². The Balaban J connectivity index is 1.91. The maximum Gasteiger partial charge on any atom is 0.341 e. The summed E-state index contributed by atoms with van der Waals surface area (Å²) < 4.78 is 18.2. The summed E-state index contributed by atoms with van der Waals surface area (Å²) in [6, 6.07) is 12.7. The Kier molecular flexibility index (Phi) is 4.66. The highest BCUT2D eigenvalue weighted by molar-refractivity contribution is 5.95. The average molecular weight is 287 g/mol. The number of hydrogen-bond acceptors (Lipinski definition) is 3. The molecule has 0 radical (unpaired) electrons. The molecule has 0 spiro atoms. The van der Waals surface area contributed by atoms with Crippen molar-refractivity contribution in [3.8, 4) is 0 Å². The zero-order chi connectivity index (χ0) is 15.2. The molecule has 0 saturated heterocycles. The fraction of sp³-hybridized carbons (Fsp3) is 0.125. The monoisotopic (exact) mass is 287 g/mol. The lowest BCUT2D eigenvalue weighted by atomic mass is 10.2. The van der Waals surface area contributed by atoms with Crippen LogP contribution in [0.3, 0.4) is 0 Å². The van der Waals surface area contributed by atoms with Crippen molar-refractivity contribution >= 4 is 17.6 Å². The highest BCUT2D eigenvalue weighted by Gasteiger charge is 2.14. The molecule has 0 aliphatic rings. The van der Waals surface area contributed by atoms with Crippen LogP contribution in [0.2, 0.25) is 0 Å². The first-order valence-electron chi connectivity index (χ1n) is 6.35.